The van der Waals surface area contributed by atoms with Crippen LogP contribution in [0.5, 0.6) is 0 Å². The third-order valence-corrected chi connectivity index (χ3v) is 8.63. The Balaban J connectivity index is 0.00000201. The quantitative estimate of drug-likeness (QED) is 0.175. The molecule has 48 heavy (non-hydrogen) atoms. The molecule has 0 spiro atoms. The van der Waals surface area contributed by atoms with Gasteiger partial charge in [-0.15, -0.1) is 0 Å². The average Bonchev–Trinajstić information content (AvgIpc) is 3.14. The van der Waals surface area contributed by atoms with Crippen LogP contribution in [0.25, 0.3) is 32.7 Å². The molecule has 0 saturated heterocycles. The van der Waals surface area contributed by atoms with Crippen LogP contribution in [0.1, 0.15) is 14.9 Å². The van der Waals surface area contributed by atoms with Gasteiger partial charge in [-0.2, -0.15) is 0 Å². The molecule has 0 heterocycles. The highest BCUT2D eigenvalue weighted by Crippen LogP contribution is 2.41. The van der Waals surface area contributed by atoms with E-state index in [0.717, 1.165) is 34.1 Å². The third kappa shape index (κ3) is 6.04. The third-order valence-electron chi connectivity index (χ3n) is 8.63. The van der Waals surface area contributed by atoms with E-state index in [-0.39, 0.29) is 14.9 Å². The molecule has 0 bridgehead atoms. The van der Waals surface area contributed by atoms with E-state index in [2.05, 4.69) is 204 Å². The Kier molecular flexibility index (Phi) is 9.36. The molecule has 0 radical (unpaired) electrons. The van der Waals surface area contributed by atoms with Gasteiger partial charge in [0.05, 0.1) is 11.4 Å². The lowest BCUT2D eigenvalue weighted by atomic mass is 10.0. The molecule has 0 aliphatic heterocycles. The predicted molar refractivity (Wildman–Crippen MR) is 210 cm³/mol. The Hall–Kier alpha value is -6.12. The smallest absolute Gasteiger partial charge is 0.0540 e. The Bertz CT molecular complexity index is 2070. The van der Waals surface area contributed by atoms with Gasteiger partial charge in [0.2, 0.25) is 0 Å². The van der Waals surface area contributed by atoms with Crippen LogP contribution in [-0.4, -0.2) is 0 Å². The first kappa shape index (κ1) is 31.8. The van der Waals surface area contributed by atoms with Gasteiger partial charge < -0.3 is 9.80 Å². The van der Waals surface area contributed by atoms with Crippen molar-refractivity contribution in [2.24, 2.45) is 0 Å². The molecule has 0 amide bonds. The zero-order valence-electron chi connectivity index (χ0n) is 25.4. The molecule has 8 aromatic rings. The molecule has 2 heteroatoms. The van der Waals surface area contributed by atoms with Gasteiger partial charge in [0.15, 0.2) is 0 Å². The van der Waals surface area contributed by atoms with Crippen LogP contribution >= 0.6 is 0 Å². The van der Waals surface area contributed by atoms with Crippen molar-refractivity contribution in [3.05, 3.63) is 194 Å². The Morgan fingerprint density at radius 1 is 0.250 bits per heavy atom. The topological polar surface area (TPSA) is 6.48 Å². The van der Waals surface area contributed by atoms with E-state index >= 15 is 0 Å². The van der Waals surface area contributed by atoms with Gasteiger partial charge in [0, 0.05) is 33.5 Å². The van der Waals surface area contributed by atoms with Crippen molar-refractivity contribution in [2.75, 3.05) is 9.80 Å². The van der Waals surface area contributed by atoms with Crippen molar-refractivity contribution in [1.29, 1.82) is 0 Å². The average molecular weight is 621 g/mol. The Labute approximate surface area is 284 Å². The minimum atomic E-state index is 0. The normalized spacial score (nSPS) is 10.6. The van der Waals surface area contributed by atoms with Crippen molar-refractivity contribution in [1.82, 2.24) is 0 Å². The summed E-state index contributed by atoms with van der Waals surface area (Å²) in [6.45, 7) is 0. The number of hydrogen-bond acceptors (Lipinski definition) is 2. The van der Waals surface area contributed by atoms with Gasteiger partial charge in [-0.05, 0) is 82.6 Å². The first-order chi connectivity index (χ1) is 22.8. The maximum Gasteiger partial charge on any atom is 0.0540 e. The van der Waals surface area contributed by atoms with E-state index in [4.69, 9.17) is 0 Å². The molecule has 0 fully saturated rings. The molecular formula is C46H40N2. The lowest BCUT2D eigenvalue weighted by Crippen LogP contribution is -2.10. The Morgan fingerprint density at radius 2 is 0.562 bits per heavy atom. The number of hydrogen-bond donors (Lipinski definition) is 0. The van der Waals surface area contributed by atoms with E-state index in [1.165, 1.54) is 32.7 Å². The van der Waals surface area contributed by atoms with Gasteiger partial charge in [0.1, 0.15) is 0 Å². The standard InChI is InChI=1S/C44H32N2.2CH4/c1-3-17-37(18-4-1)45(43-23-11-15-35-13-7-9-21-41(35)43)39-29-25-33(26-30-39)34-27-31-40(32-28-34)46(38-19-5-2-6-20-38)44-24-12-16-36-14-8-10-22-42(36)44;;/h1-32H;2*1H4. The lowest BCUT2D eigenvalue weighted by molar-refractivity contribution is 1.29. The van der Waals surface area contributed by atoms with E-state index in [1.807, 2.05) is 0 Å². The summed E-state index contributed by atoms with van der Waals surface area (Å²) < 4.78 is 0. The predicted octanol–water partition coefficient (Wildman–Crippen LogP) is 13.9. The minimum absolute atomic E-state index is 0. The molecule has 0 aliphatic rings. The molecular weight excluding hydrogens is 581 g/mol. The maximum atomic E-state index is 2.34. The van der Waals surface area contributed by atoms with E-state index in [1.54, 1.807) is 0 Å². The second-order valence-corrected chi connectivity index (χ2v) is 11.4. The van der Waals surface area contributed by atoms with Crippen molar-refractivity contribution < 1.29 is 0 Å². The first-order valence-electron chi connectivity index (χ1n) is 15.7. The number of fused-ring (bicyclic) bond motifs is 2. The molecule has 2 nitrogen and oxygen atoms in total. The second kappa shape index (κ2) is 14.1. The SMILES string of the molecule is C.C.c1ccc(N(c2ccc(-c3ccc(N(c4ccccc4)c4cccc5ccccc45)cc3)cc2)c2cccc3ccccc23)cc1. The molecule has 0 atom stereocenters. The van der Waals surface area contributed by atoms with Crippen LogP contribution in [0.3, 0.4) is 0 Å². The summed E-state index contributed by atoms with van der Waals surface area (Å²) in [4.78, 5) is 4.69. The number of rotatable bonds is 7. The van der Waals surface area contributed by atoms with Gasteiger partial charge in [0.25, 0.3) is 0 Å². The highest BCUT2D eigenvalue weighted by Gasteiger charge is 2.17. The summed E-state index contributed by atoms with van der Waals surface area (Å²) in [6, 6.07) is 69.2. The van der Waals surface area contributed by atoms with Crippen LogP contribution in [-0.2, 0) is 0 Å². The fourth-order valence-corrected chi connectivity index (χ4v) is 6.42. The fourth-order valence-electron chi connectivity index (χ4n) is 6.42. The van der Waals surface area contributed by atoms with Gasteiger partial charge >= 0.3 is 0 Å². The monoisotopic (exact) mass is 620 g/mol. The highest BCUT2D eigenvalue weighted by molar-refractivity contribution is 6.00. The highest BCUT2D eigenvalue weighted by atomic mass is 15.1. The van der Waals surface area contributed by atoms with Gasteiger partial charge in [-0.1, -0.05) is 148 Å². The van der Waals surface area contributed by atoms with Crippen molar-refractivity contribution >= 4 is 55.7 Å². The van der Waals surface area contributed by atoms with Gasteiger partial charge in [-0.25, -0.2) is 0 Å². The minimum Gasteiger partial charge on any atom is -0.310 e. The van der Waals surface area contributed by atoms with E-state index in [9.17, 15) is 0 Å². The van der Waals surface area contributed by atoms with E-state index in [0.29, 0.717) is 0 Å². The molecule has 0 aromatic heterocycles. The summed E-state index contributed by atoms with van der Waals surface area (Å²) in [5.74, 6) is 0. The van der Waals surface area contributed by atoms with Gasteiger partial charge in [-0.3, -0.25) is 0 Å². The molecule has 0 N–H and O–H groups in total. The molecule has 0 aliphatic carbocycles. The largest absolute Gasteiger partial charge is 0.310 e. The zero-order valence-corrected chi connectivity index (χ0v) is 25.4. The molecule has 0 saturated carbocycles. The van der Waals surface area contributed by atoms with Crippen LogP contribution < -0.4 is 9.80 Å². The second-order valence-electron chi connectivity index (χ2n) is 11.4. The fraction of sp³-hybridized carbons (Fsp3) is 0.0435. The van der Waals surface area contributed by atoms with Crippen molar-refractivity contribution in [3.8, 4) is 11.1 Å². The summed E-state index contributed by atoms with van der Waals surface area (Å²) in [7, 11) is 0. The number of nitrogens with zero attached hydrogens (tertiary/aromatic N) is 2. The molecule has 8 rings (SSSR count). The van der Waals surface area contributed by atoms with Crippen LogP contribution in [0.4, 0.5) is 34.1 Å². The number of anilines is 6. The zero-order chi connectivity index (χ0) is 30.7. The summed E-state index contributed by atoms with van der Waals surface area (Å²) in [6.07, 6.45) is 0. The van der Waals surface area contributed by atoms with Crippen molar-refractivity contribution in [3.63, 3.8) is 0 Å². The molecule has 234 valence electrons. The summed E-state index contributed by atoms with van der Waals surface area (Å²) >= 11 is 0. The first-order valence-corrected chi connectivity index (χ1v) is 15.7. The number of para-hydroxylation sites is 2. The number of benzene rings is 8. The van der Waals surface area contributed by atoms with E-state index < -0.39 is 0 Å². The maximum absolute atomic E-state index is 2.34. The van der Waals surface area contributed by atoms with Crippen LogP contribution in [0.2, 0.25) is 0 Å². The lowest BCUT2D eigenvalue weighted by Gasteiger charge is -2.27. The Morgan fingerprint density at radius 3 is 0.958 bits per heavy atom. The van der Waals surface area contributed by atoms with Crippen LogP contribution in [0, 0.1) is 0 Å². The molecule has 8 aromatic carbocycles. The molecule has 0 unspecified atom stereocenters. The van der Waals surface area contributed by atoms with Crippen molar-refractivity contribution in [2.45, 2.75) is 14.9 Å². The summed E-state index contributed by atoms with van der Waals surface area (Å²) in [5, 5.41) is 4.90. The summed E-state index contributed by atoms with van der Waals surface area (Å²) in [5.41, 5.74) is 9.18. The van der Waals surface area contributed by atoms with Crippen LogP contribution in [0.15, 0.2) is 194 Å².